The number of carbonyl (C=O) groups excluding carboxylic acids is 1. The van der Waals surface area contributed by atoms with Crippen LogP contribution in [-0.4, -0.2) is 22.0 Å². The number of thiazole rings is 1. The second-order valence-corrected chi connectivity index (χ2v) is 5.83. The average molecular weight is 325 g/mol. The predicted molar refractivity (Wildman–Crippen MR) is 81.1 cm³/mol. The lowest BCUT2D eigenvalue weighted by atomic mass is 10.1. The van der Waals surface area contributed by atoms with Crippen molar-refractivity contribution in [1.82, 2.24) is 10.3 Å². The van der Waals surface area contributed by atoms with Crippen LogP contribution in [-0.2, 0) is 0 Å². The molecular weight excluding hydrogens is 312 g/mol. The third-order valence-electron chi connectivity index (χ3n) is 2.89. The number of aromatic carboxylic acids is 1. The van der Waals surface area contributed by atoms with Crippen LogP contribution in [0.3, 0.4) is 0 Å². The van der Waals surface area contributed by atoms with E-state index in [9.17, 15) is 9.59 Å². The van der Waals surface area contributed by atoms with Crippen molar-refractivity contribution in [2.75, 3.05) is 0 Å². The van der Waals surface area contributed by atoms with E-state index >= 15 is 0 Å². The van der Waals surface area contributed by atoms with E-state index in [0.29, 0.717) is 15.6 Å². The molecule has 0 radical (unpaired) electrons. The Hall–Kier alpha value is -1.92. The van der Waals surface area contributed by atoms with E-state index in [0.717, 1.165) is 5.56 Å². The van der Waals surface area contributed by atoms with E-state index in [1.54, 1.807) is 25.1 Å². The van der Waals surface area contributed by atoms with Gasteiger partial charge in [-0.05, 0) is 31.5 Å². The maximum absolute atomic E-state index is 12.1. The number of halogens is 1. The van der Waals surface area contributed by atoms with Crippen LogP contribution in [0, 0.1) is 6.92 Å². The highest BCUT2D eigenvalue weighted by molar-refractivity contribution is 7.09. The molecule has 2 aromatic rings. The predicted octanol–water partition coefficient (Wildman–Crippen LogP) is 3.29. The second kappa shape index (κ2) is 6.24. The molecule has 0 spiro atoms. The summed E-state index contributed by atoms with van der Waals surface area (Å²) >= 11 is 7.19. The molecule has 2 N–H and O–H groups in total. The van der Waals surface area contributed by atoms with E-state index in [1.807, 2.05) is 6.92 Å². The maximum atomic E-state index is 12.1. The zero-order valence-corrected chi connectivity index (χ0v) is 13.0. The molecule has 21 heavy (non-hydrogen) atoms. The number of carboxylic acids is 1. The van der Waals surface area contributed by atoms with Gasteiger partial charge < -0.3 is 10.4 Å². The lowest BCUT2D eigenvalue weighted by molar-refractivity contribution is 0.0691. The highest BCUT2D eigenvalue weighted by atomic mass is 35.5. The molecule has 1 atom stereocenters. The first-order valence-electron chi connectivity index (χ1n) is 6.14. The average Bonchev–Trinajstić information content (AvgIpc) is 2.91. The van der Waals surface area contributed by atoms with E-state index < -0.39 is 5.97 Å². The minimum absolute atomic E-state index is 0.0190. The van der Waals surface area contributed by atoms with Gasteiger partial charge in [0.05, 0.1) is 6.04 Å². The number of nitrogens with zero attached hydrogens (tertiary/aromatic N) is 1. The van der Waals surface area contributed by atoms with Crippen LogP contribution in [0.15, 0.2) is 23.6 Å². The monoisotopic (exact) mass is 324 g/mol. The molecule has 1 aromatic carbocycles. The number of hydrogen-bond acceptors (Lipinski definition) is 4. The number of carbonyl (C=O) groups is 2. The molecule has 0 fully saturated rings. The molecule has 0 saturated heterocycles. The van der Waals surface area contributed by atoms with Gasteiger partial charge in [0.1, 0.15) is 5.01 Å². The van der Waals surface area contributed by atoms with Crippen molar-refractivity contribution in [2.45, 2.75) is 19.9 Å². The highest BCUT2D eigenvalue weighted by Crippen LogP contribution is 2.20. The topological polar surface area (TPSA) is 79.3 Å². The summed E-state index contributed by atoms with van der Waals surface area (Å²) in [4.78, 5) is 26.9. The third-order valence-corrected chi connectivity index (χ3v) is 4.33. The summed E-state index contributed by atoms with van der Waals surface area (Å²) in [6, 6.07) is 4.68. The van der Waals surface area contributed by atoms with E-state index in [2.05, 4.69) is 10.3 Å². The molecule has 0 bridgehead atoms. The van der Waals surface area contributed by atoms with Crippen molar-refractivity contribution < 1.29 is 14.7 Å². The van der Waals surface area contributed by atoms with Crippen molar-refractivity contribution in [3.05, 3.63) is 50.4 Å². The molecule has 1 aromatic heterocycles. The van der Waals surface area contributed by atoms with Crippen LogP contribution in [0.1, 0.15) is 44.4 Å². The van der Waals surface area contributed by atoms with Crippen molar-refractivity contribution >= 4 is 34.8 Å². The Morgan fingerprint density at radius 1 is 1.43 bits per heavy atom. The van der Waals surface area contributed by atoms with Gasteiger partial charge >= 0.3 is 5.97 Å². The van der Waals surface area contributed by atoms with E-state index in [-0.39, 0.29) is 17.6 Å². The standard InChI is InChI=1S/C14H13ClN2O3S/c1-7-3-4-9(5-10(7)15)12(18)16-8(2)13-17-11(6-21-13)14(19)20/h3-6,8H,1-2H3,(H,16,18)(H,19,20). The minimum Gasteiger partial charge on any atom is -0.476 e. The molecule has 0 aliphatic heterocycles. The molecule has 1 heterocycles. The molecule has 0 aliphatic carbocycles. The summed E-state index contributed by atoms with van der Waals surface area (Å²) in [5.74, 6) is -1.36. The largest absolute Gasteiger partial charge is 0.476 e. The number of carboxylic acid groups (broad SMARTS) is 1. The lowest BCUT2D eigenvalue weighted by Crippen LogP contribution is -2.26. The zero-order valence-electron chi connectivity index (χ0n) is 11.4. The number of rotatable bonds is 4. The fourth-order valence-electron chi connectivity index (χ4n) is 1.66. The van der Waals surface area contributed by atoms with Gasteiger partial charge in [-0.25, -0.2) is 9.78 Å². The van der Waals surface area contributed by atoms with Crippen molar-refractivity contribution in [3.63, 3.8) is 0 Å². The molecule has 0 aliphatic rings. The summed E-state index contributed by atoms with van der Waals surface area (Å²) in [6.45, 7) is 3.60. The van der Waals surface area contributed by atoms with Crippen molar-refractivity contribution in [2.24, 2.45) is 0 Å². The van der Waals surface area contributed by atoms with Gasteiger partial charge in [0.2, 0.25) is 0 Å². The summed E-state index contributed by atoms with van der Waals surface area (Å²) < 4.78 is 0. The van der Waals surface area contributed by atoms with Crippen molar-refractivity contribution in [3.8, 4) is 0 Å². The summed E-state index contributed by atoms with van der Waals surface area (Å²) in [6.07, 6.45) is 0. The Labute approximate surface area is 130 Å². The number of benzene rings is 1. The molecule has 2 rings (SSSR count). The number of aromatic nitrogens is 1. The molecule has 110 valence electrons. The Morgan fingerprint density at radius 3 is 2.71 bits per heavy atom. The fourth-order valence-corrected chi connectivity index (χ4v) is 2.64. The molecular formula is C14H13ClN2O3S. The third kappa shape index (κ3) is 3.59. The van der Waals surface area contributed by atoms with Crippen LogP contribution in [0.4, 0.5) is 0 Å². The van der Waals surface area contributed by atoms with Crippen LogP contribution in [0.25, 0.3) is 0 Å². The lowest BCUT2D eigenvalue weighted by Gasteiger charge is -2.11. The summed E-state index contributed by atoms with van der Waals surface area (Å²) in [5.41, 5.74) is 1.33. The number of nitrogens with one attached hydrogen (secondary N) is 1. The van der Waals surface area contributed by atoms with Crippen LogP contribution in [0.5, 0.6) is 0 Å². The molecule has 5 nitrogen and oxygen atoms in total. The van der Waals surface area contributed by atoms with Gasteiger partial charge in [-0.15, -0.1) is 11.3 Å². The fraction of sp³-hybridized carbons (Fsp3) is 0.214. The SMILES string of the molecule is Cc1ccc(C(=O)NC(C)c2nc(C(=O)O)cs2)cc1Cl. The molecule has 1 unspecified atom stereocenters. The van der Waals surface area contributed by atoms with Gasteiger partial charge in [0, 0.05) is 16.0 Å². The van der Waals surface area contributed by atoms with Crippen LogP contribution < -0.4 is 5.32 Å². The zero-order chi connectivity index (χ0) is 15.6. The minimum atomic E-state index is -1.08. The van der Waals surface area contributed by atoms with Gasteiger partial charge in [-0.1, -0.05) is 17.7 Å². The van der Waals surface area contributed by atoms with E-state index in [1.165, 1.54) is 16.7 Å². The molecule has 1 amide bonds. The summed E-state index contributed by atoms with van der Waals surface area (Å²) in [5, 5.41) is 14.1. The first kappa shape index (κ1) is 15.5. The van der Waals surface area contributed by atoms with Gasteiger partial charge in [-0.3, -0.25) is 4.79 Å². The Kier molecular flexibility index (Phi) is 4.59. The van der Waals surface area contributed by atoms with Gasteiger partial charge in [-0.2, -0.15) is 0 Å². The van der Waals surface area contributed by atoms with Gasteiger partial charge in [0.15, 0.2) is 5.69 Å². The molecule has 0 saturated carbocycles. The first-order valence-corrected chi connectivity index (χ1v) is 7.40. The first-order chi connectivity index (χ1) is 9.88. The van der Waals surface area contributed by atoms with E-state index in [4.69, 9.17) is 16.7 Å². The Bertz CT molecular complexity index is 699. The van der Waals surface area contributed by atoms with Crippen LogP contribution >= 0.6 is 22.9 Å². The molecule has 7 heteroatoms. The van der Waals surface area contributed by atoms with Gasteiger partial charge in [0.25, 0.3) is 5.91 Å². The van der Waals surface area contributed by atoms with Crippen LogP contribution in [0.2, 0.25) is 5.02 Å². The Morgan fingerprint density at radius 2 is 2.14 bits per heavy atom. The smallest absolute Gasteiger partial charge is 0.355 e. The summed E-state index contributed by atoms with van der Waals surface area (Å²) in [7, 11) is 0. The second-order valence-electron chi connectivity index (χ2n) is 4.54. The van der Waals surface area contributed by atoms with Crippen molar-refractivity contribution in [1.29, 1.82) is 0 Å². The quantitative estimate of drug-likeness (QED) is 0.904. The number of amides is 1. The maximum Gasteiger partial charge on any atom is 0.355 e. The Balaban J connectivity index is 2.10. The number of aryl methyl sites for hydroxylation is 1. The highest BCUT2D eigenvalue weighted by Gasteiger charge is 2.17. The number of hydrogen-bond donors (Lipinski definition) is 2. The normalized spacial score (nSPS) is 12.0.